The number of hydrogen-bond donors (Lipinski definition) is 1. The molecule has 10 nitrogen and oxygen atoms in total. The summed E-state index contributed by atoms with van der Waals surface area (Å²) in [7, 11) is -1.11. The van der Waals surface area contributed by atoms with Crippen molar-refractivity contribution in [3.8, 4) is 22.5 Å². The van der Waals surface area contributed by atoms with Gasteiger partial charge in [0.15, 0.2) is 11.5 Å². The lowest BCUT2D eigenvalue weighted by molar-refractivity contribution is 0.0785. The van der Waals surface area contributed by atoms with Gasteiger partial charge in [-0.2, -0.15) is 5.10 Å². The fourth-order valence-electron chi connectivity index (χ4n) is 4.35. The lowest BCUT2D eigenvalue weighted by Gasteiger charge is -2.25. The zero-order valence-corrected chi connectivity index (χ0v) is 23.0. The van der Waals surface area contributed by atoms with Crippen LogP contribution in [0.3, 0.4) is 0 Å². The summed E-state index contributed by atoms with van der Waals surface area (Å²) in [5.74, 6) is 1.59. The molecule has 4 heterocycles. The number of ether oxygens (including phenoxy) is 1. The molecule has 1 aliphatic rings. The maximum atomic E-state index is 12.5. The number of rotatable bonds is 9. The minimum Gasteiger partial charge on any atom is -0.359 e. The van der Waals surface area contributed by atoms with Gasteiger partial charge < -0.3 is 10.1 Å². The van der Waals surface area contributed by atoms with Gasteiger partial charge in [-0.1, -0.05) is 57.8 Å². The highest BCUT2D eigenvalue weighted by molar-refractivity contribution is 6.76. The Labute approximate surface area is 217 Å². The van der Waals surface area contributed by atoms with Crippen LogP contribution in [0.4, 0.5) is 10.6 Å². The van der Waals surface area contributed by atoms with Crippen LogP contribution in [0.2, 0.25) is 25.7 Å². The number of nitrogens with zero attached hydrogens (tertiary/aromatic N) is 7. The maximum absolute atomic E-state index is 12.5. The number of urea groups is 1. The number of nitrogens with one attached hydrogen (secondary N) is 1. The molecule has 1 aliphatic heterocycles. The fourth-order valence-corrected chi connectivity index (χ4v) is 5.10. The largest absolute Gasteiger partial charge is 0.359 e. The molecule has 1 fully saturated rings. The molecule has 0 saturated carbocycles. The number of amides is 2. The van der Waals surface area contributed by atoms with Gasteiger partial charge >= 0.3 is 6.03 Å². The van der Waals surface area contributed by atoms with Crippen molar-refractivity contribution in [3.63, 3.8) is 0 Å². The molecule has 3 aromatic heterocycles. The van der Waals surface area contributed by atoms with Crippen LogP contribution < -0.4 is 10.2 Å². The van der Waals surface area contributed by atoms with Crippen LogP contribution >= 0.6 is 0 Å². The monoisotopic (exact) mass is 518 g/mol. The van der Waals surface area contributed by atoms with Crippen molar-refractivity contribution in [1.29, 1.82) is 0 Å². The van der Waals surface area contributed by atoms with E-state index < -0.39 is 8.07 Å². The van der Waals surface area contributed by atoms with Crippen molar-refractivity contribution in [2.24, 2.45) is 5.92 Å². The van der Waals surface area contributed by atoms with E-state index in [0.29, 0.717) is 36.5 Å². The summed E-state index contributed by atoms with van der Waals surface area (Å²) in [6.07, 6.45) is 5.35. The van der Waals surface area contributed by atoms with Crippen molar-refractivity contribution in [3.05, 3.63) is 49.1 Å². The van der Waals surface area contributed by atoms with E-state index in [0.717, 1.165) is 29.3 Å². The Kier molecular flexibility index (Phi) is 6.82. The third-order valence-electron chi connectivity index (χ3n) is 6.59. The fraction of sp³-hybridized carbons (Fsp3) is 0.423. The van der Waals surface area contributed by atoms with Crippen molar-refractivity contribution >= 4 is 25.6 Å². The second kappa shape index (κ2) is 10.1. The van der Waals surface area contributed by atoms with Crippen molar-refractivity contribution < 1.29 is 9.53 Å². The van der Waals surface area contributed by atoms with Crippen LogP contribution in [0.25, 0.3) is 28.2 Å². The van der Waals surface area contributed by atoms with Crippen LogP contribution in [-0.4, -0.2) is 62.7 Å². The summed E-state index contributed by atoms with van der Waals surface area (Å²) < 4.78 is 9.24. The Balaban J connectivity index is 1.33. The van der Waals surface area contributed by atoms with Crippen molar-refractivity contribution in [1.82, 2.24) is 34.7 Å². The van der Waals surface area contributed by atoms with E-state index in [4.69, 9.17) is 9.72 Å². The lowest BCUT2D eigenvalue weighted by Crippen LogP contribution is -2.38. The molecule has 4 aromatic rings. The van der Waals surface area contributed by atoms with Crippen LogP contribution in [0.1, 0.15) is 13.8 Å². The Hall–Kier alpha value is -3.57. The first-order chi connectivity index (χ1) is 17.7. The smallest absolute Gasteiger partial charge is 0.323 e. The molecule has 0 spiro atoms. The molecule has 37 heavy (non-hydrogen) atoms. The van der Waals surface area contributed by atoms with Gasteiger partial charge in [-0.25, -0.2) is 24.0 Å². The second-order valence-electron chi connectivity index (χ2n) is 11.0. The van der Waals surface area contributed by atoms with Gasteiger partial charge in [0.05, 0.1) is 12.2 Å². The van der Waals surface area contributed by atoms with Crippen LogP contribution in [0, 0.1) is 5.92 Å². The molecule has 5 rings (SSSR count). The number of benzene rings is 1. The van der Waals surface area contributed by atoms with E-state index in [1.54, 1.807) is 26.6 Å². The van der Waals surface area contributed by atoms with Gasteiger partial charge in [0.1, 0.15) is 18.9 Å². The molecular weight excluding hydrogens is 484 g/mol. The average molecular weight is 519 g/mol. The molecule has 11 heteroatoms. The SMILES string of the molecule is CC(C)C1CNC(=O)N1c1ccn2ncc(-c3ccc(-c4ncn(COCC[Si](C)(C)C)n4)cc3)c2n1. The first-order valence-corrected chi connectivity index (χ1v) is 16.4. The summed E-state index contributed by atoms with van der Waals surface area (Å²) in [6.45, 7) is 13.0. The number of aromatic nitrogens is 6. The van der Waals surface area contributed by atoms with Crippen LogP contribution in [-0.2, 0) is 11.5 Å². The molecule has 0 radical (unpaired) electrons. The molecular formula is C26H34N8O2Si. The molecule has 1 aromatic carbocycles. The van der Waals surface area contributed by atoms with Crippen LogP contribution in [0.15, 0.2) is 49.1 Å². The van der Waals surface area contributed by atoms with E-state index >= 15 is 0 Å². The predicted octanol–water partition coefficient (Wildman–Crippen LogP) is 4.52. The zero-order valence-electron chi connectivity index (χ0n) is 22.0. The van der Waals surface area contributed by atoms with E-state index in [1.807, 2.05) is 36.5 Å². The third-order valence-corrected chi connectivity index (χ3v) is 8.30. The second-order valence-corrected chi connectivity index (χ2v) is 16.6. The van der Waals surface area contributed by atoms with Gasteiger partial charge in [0.2, 0.25) is 0 Å². The quantitative estimate of drug-likeness (QED) is 0.258. The number of fused-ring (bicyclic) bond motifs is 1. The molecule has 0 bridgehead atoms. The third kappa shape index (κ3) is 5.42. The molecule has 1 saturated heterocycles. The van der Waals surface area contributed by atoms with E-state index in [2.05, 4.69) is 54.0 Å². The van der Waals surface area contributed by atoms with E-state index in [9.17, 15) is 4.79 Å². The summed E-state index contributed by atoms with van der Waals surface area (Å²) in [5, 5.41) is 12.0. The lowest BCUT2D eigenvalue weighted by atomic mass is 10.0. The van der Waals surface area contributed by atoms with Gasteiger partial charge in [0, 0.05) is 38.5 Å². The minimum atomic E-state index is -1.11. The Morgan fingerprint density at radius 2 is 1.89 bits per heavy atom. The van der Waals surface area contributed by atoms with Crippen molar-refractivity contribution in [2.45, 2.75) is 52.3 Å². The van der Waals surface area contributed by atoms with Gasteiger partial charge in [-0.15, -0.1) is 5.10 Å². The Morgan fingerprint density at radius 1 is 1.14 bits per heavy atom. The van der Waals surface area contributed by atoms with Gasteiger partial charge in [0.25, 0.3) is 0 Å². The zero-order chi connectivity index (χ0) is 26.2. The first kappa shape index (κ1) is 25.1. The van der Waals surface area contributed by atoms with Crippen molar-refractivity contribution in [2.75, 3.05) is 18.1 Å². The minimum absolute atomic E-state index is 0.0613. The summed E-state index contributed by atoms with van der Waals surface area (Å²) in [5.41, 5.74) is 3.49. The number of carbonyl (C=O) groups excluding carboxylic acids is 1. The number of anilines is 1. The Bertz CT molecular complexity index is 1390. The summed E-state index contributed by atoms with van der Waals surface area (Å²) in [6, 6.07) is 10.9. The molecule has 2 amide bonds. The highest BCUT2D eigenvalue weighted by Crippen LogP contribution is 2.29. The molecule has 1 unspecified atom stereocenters. The number of hydrogen-bond acceptors (Lipinski definition) is 6. The van der Waals surface area contributed by atoms with E-state index in [1.165, 1.54) is 0 Å². The topological polar surface area (TPSA) is 102 Å². The van der Waals surface area contributed by atoms with Crippen LogP contribution in [0.5, 0.6) is 0 Å². The Morgan fingerprint density at radius 3 is 2.62 bits per heavy atom. The normalized spacial score (nSPS) is 16.2. The highest BCUT2D eigenvalue weighted by atomic mass is 28.3. The van der Waals surface area contributed by atoms with Gasteiger partial charge in [-0.3, -0.25) is 4.90 Å². The first-order valence-electron chi connectivity index (χ1n) is 12.7. The summed E-state index contributed by atoms with van der Waals surface area (Å²) >= 11 is 0. The molecule has 1 atom stereocenters. The highest BCUT2D eigenvalue weighted by Gasteiger charge is 2.35. The standard InChI is InChI=1S/C26H34N8O2Si/c1-18(2)22-15-27-26(35)34(22)23-10-11-33-25(30-23)21(14-29-33)19-6-8-20(9-7-19)24-28-16-32(31-24)17-36-12-13-37(3,4)5/h6-11,14,16,18,22H,12-13,15,17H2,1-5H3,(H,27,35). The van der Waals surface area contributed by atoms with E-state index in [-0.39, 0.29) is 12.1 Å². The summed E-state index contributed by atoms with van der Waals surface area (Å²) in [4.78, 5) is 23.6. The number of carbonyl (C=O) groups is 1. The maximum Gasteiger partial charge on any atom is 0.323 e. The molecule has 194 valence electrons. The molecule has 0 aliphatic carbocycles. The predicted molar refractivity (Wildman–Crippen MR) is 146 cm³/mol. The van der Waals surface area contributed by atoms with Gasteiger partial charge in [-0.05, 0) is 23.6 Å². The average Bonchev–Trinajstić information content (AvgIpc) is 3.59. The molecule has 1 N–H and O–H groups in total.